The van der Waals surface area contributed by atoms with Crippen molar-refractivity contribution < 1.29 is 0 Å². The molecule has 0 saturated heterocycles. The van der Waals surface area contributed by atoms with Gasteiger partial charge in [-0.3, -0.25) is 0 Å². The van der Waals surface area contributed by atoms with Gasteiger partial charge in [-0.15, -0.1) is 0 Å². The highest BCUT2D eigenvalue weighted by atomic mass is 79.9. The average Bonchev–Trinajstić information content (AvgIpc) is 2.38. The molecule has 0 heterocycles. The summed E-state index contributed by atoms with van der Waals surface area (Å²) in [5.41, 5.74) is 2.13. The van der Waals surface area contributed by atoms with Crippen LogP contribution in [0.1, 0.15) is 5.56 Å². The first kappa shape index (κ1) is 11.8. The molecule has 1 N–H and O–H groups in total. The fraction of sp³-hybridized carbons (Fsp3) is 0.0667. The van der Waals surface area contributed by atoms with Crippen molar-refractivity contribution in [2.75, 3.05) is 11.9 Å². The minimum atomic E-state index is 0.649. The molecule has 0 aliphatic heterocycles. The van der Waals surface area contributed by atoms with Crippen LogP contribution < -0.4 is 5.32 Å². The summed E-state index contributed by atoms with van der Waals surface area (Å²) in [7, 11) is 0. The predicted molar refractivity (Wildman–Crippen MR) is 76.0 cm³/mol. The number of hydrogen-bond acceptors (Lipinski definition) is 1. The molecule has 1 nitrogen and oxygen atoms in total. The van der Waals surface area contributed by atoms with E-state index in [1.54, 1.807) is 0 Å². The molecular formula is C15H12BrN. The van der Waals surface area contributed by atoms with Crippen LogP contribution in [0.15, 0.2) is 59.1 Å². The van der Waals surface area contributed by atoms with E-state index in [1.165, 1.54) is 0 Å². The van der Waals surface area contributed by atoms with Gasteiger partial charge in [0.25, 0.3) is 0 Å². The van der Waals surface area contributed by atoms with Gasteiger partial charge in [-0.05, 0) is 36.4 Å². The van der Waals surface area contributed by atoms with Crippen LogP contribution in [0.2, 0.25) is 0 Å². The maximum absolute atomic E-state index is 3.40. The Hall–Kier alpha value is -1.72. The van der Waals surface area contributed by atoms with Gasteiger partial charge in [0.15, 0.2) is 0 Å². The number of anilines is 1. The summed E-state index contributed by atoms with van der Waals surface area (Å²) < 4.78 is 1.08. The second kappa shape index (κ2) is 6.12. The summed E-state index contributed by atoms with van der Waals surface area (Å²) in [4.78, 5) is 0. The third kappa shape index (κ3) is 3.97. The zero-order valence-corrected chi connectivity index (χ0v) is 10.9. The molecule has 0 unspecified atom stereocenters. The van der Waals surface area contributed by atoms with Gasteiger partial charge in [0.05, 0.1) is 6.54 Å². The number of halogens is 1. The lowest BCUT2D eigenvalue weighted by Crippen LogP contribution is -1.97. The second-order valence-electron chi connectivity index (χ2n) is 3.53. The summed E-state index contributed by atoms with van der Waals surface area (Å²) in [6, 6.07) is 18.0. The molecule has 0 aromatic heterocycles. The smallest absolute Gasteiger partial charge is 0.0769 e. The highest BCUT2D eigenvalue weighted by molar-refractivity contribution is 9.10. The highest BCUT2D eigenvalue weighted by Gasteiger charge is 1.89. The molecule has 0 amide bonds. The van der Waals surface area contributed by atoms with Crippen molar-refractivity contribution in [1.82, 2.24) is 0 Å². The molecule has 0 aliphatic carbocycles. The van der Waals surface area contributed by atoms with Gasteiger partial charge in [0, 0.05) is 15.7 Å². The molecule has 84 valence electrons. The number of benzene rings is 2. The first-order valence-corrected chi connectivity index (χ1v) is 6.17. The Labute approximate surface area is 110 Å². The Morgan fingerprint density at radius 3 is 2.35 bits per heavy atom. The fourth-order valence-electron chi connectivity index (χ4n) is 1.38. The van der Waals surface area contributed by atoms with Crippen molar-refractivity contribution >= 4 is 21.6 Å². The molecule has 17 heavy (non-hydrogen) atoms. The second-order valence-corrected chi connectivity index (χ2v) is 4.44. The number of nitrogens with one attached hydrogen (secondary N) is 1. The molecule has 2 aromatic carbocycles. The van der Waals surface area contributed by atoms with Crippen LogP contribution in [-0.2, 0) is 0 Å². The van der Waals surface area contributed by atoms with Crippen molar-refractivity contribution in [3.8, 4) is 11.8 Å². The normalized spacial score (nSPS) is 9.24. The molecule has 0 radical (unpaired) electrons. The molecule has 0 aliphatic rings. The zero-order valence-electron chi connectivity index (χ0n) is 9.28. The van der Waals surface area contributed by atoms with Gasteiger partial charge in [0.2, 0.25) is 0 Å². The van der Waals surface area contributed by atoms with Crippen LogP contribution in [0.3, 0.4) is 0 Å². The van der Waals surface area contributed by atoms with E-state index in [2.05, 4.69) is 33.1 Å². The summed E-state index contributed by atoms with van der Waals surface area (Å²) in [6.45, 7) is 0.649. The standard InChI is InChI=1S/C15H12BrN/c16-14-8-10-15(11-9-14)17-12-4-7-13-5-2-1-3-6-13/h1-3,5-6,8-11,17H,12H2. The predicted octanol–water partition coefficient (Wildman–Crippen LogP) is 3.91. The summed E-state index contributed by atoms with van der Waals surface area (Å²) >= 11 is 3.40. The fourth-order valence-corrected chi connectivity index (χ4v) is 1.65. The van der Waals surface area contributed by atoms with Gasteiger partial charge in [-0.25, -0.2) is 0 Å². The molecule has 2 heteroatoms. The molecule has 0 fully saturated rings. The Kier molecular flexibility index (Phi) is 4.23. The molecular weight excluding hydrogens is 274 g/mol. The van der Waals surface area contributed by atoms with Gasteiger partial charge in [-0.1, -0.05) is 46.0 Å². The highest BCUT2D eigenvalue weighted by Crippen LogP contribution is 2.13. The SMILES string of the molecule is Brc1ccc(NCC#Cc2ccccc2)cc1. The van der Waals surface area contributed by atoms with E-state index in [0.29, 0.717) is 6.54 Å². The number of hydrogen-bond donors (Lipinski definition) is 1. The Balaban J connectivity index is 1.88. The van der Waals surface area contributed by atoms with Crippen LogP contribution in [0.4, 0.5) is 5.69 Å². The Morgan fingerprint density at radius 2 is 1.65 bits per heavy atom. The molecule has 2 rings (SSSR count). The first-order chi connectivity index (χ1) is 8.34. The lowest BCUT2D eigenvalue weighted by Gasteiger charge is -2.01. The van der Waals surface area contributed by atoms with E-state index < -0.39 is 0 Å². The quantitative estimate of drug-likeness (QED) is 0.825. The van der Waals surface area contributed by atoms with Crippen molar-refractivity contribution in [2.45, 2.75) is 0 Å². The largest absolute Gasteiger partial charge is 0.374 e. The van der Waals surface area contributed by atoms with Crippen molar-refractivity contribution in [2.24, 2.45) is 0 Å². The van der Waals surface area contributed by atoms with Crippen LogP contribution in [0.25, 0.3) is 0 Å². The van der Waals surface area contributed by atoms with E-state index in [1.807, 2.05) is 54.6 Å². The first-order valence-electron chi connectivity index (χ1n) is 5.38. The van der Waals surface area contributed by atoms with E-state index in [-0.39, 0.29) is 0 Å². The van der Waals surface area contributed by atoms with Crippen LogP contribution >= 0.6 is 15.9 Å². The molecule has 0 spiro atoms. The summed E-state index contributed by atoms with van der Waals surface area (Å²) in [6.07, 6.45) is 0. The van der Waals surface area contributed by atoms with E-state index in [4.69, 9.17) is 0 Å². The number of rotatable bonds is 2. The molecule has 0 bridgehead atoms. The monoisotopic (exact) mass is 285 g/mol. The third-order valence-corrected chi connectivity index (χ3v) is 2.76. The van der Waals surface area contributed by atoms with Crippen molar-refractivity contribution in [1.29, 1.82) is 0 Å². The van der Waals surface area contributed by atoms with Gasteiger partial charge < -0.3 is 5.32 Å². The maximum Gasteiger partial charge on any atom is 0.0769 e. The van der Waals surface area contributed by atoms with Crippen LogP contribution in [0, 0.1) is 11.8 Å². The molecule has 0 saturated carbocycles. The molecule has 2 aromatic rings. The van der Waals surface area contributed by atoms with Crippen molar-refractivity contribution in [3.05, 3.63) is 64.6 Å². The Bertz CT molecular complexity index is 520. The van der Waals surface area contributed by atoms with Gasteiger partial charge in [-0.2, -0.15) is 0 Å². The molecule has 0 atom stereocenters. The zero-order chi connectivity index (χ0) is 11.9. The minimum Gasteiger partial charge on any atom is -0.374 e. The van der Waals surface area contributed by atoms with Crippen molar-refractivity contribution in [3.63, 3.8) is 0 Å². The Morgan fingerprint density at radius 1 is 0.941 bits per heavy atom. The van der Waals surface area contributed by atoms with E-state index in [9.17, 15) is 0 Å². The average molecular weight is 286 g/mol. The lowest BCUT2D eigenvalue weighted by atomic mass is 10.2. The van der Waals surface area contributed by atoms with Gasteiger partial charge in [0.1, 0.15) is 0 Å². The lowest BCUT2D eigenvalue weighted by molar-refractivity contribution is 1.37. The topological polar surface area (TPSA) is 12.0 Å². The maximum atomic E-state index is 3.40. The van der Waals surface area contributed by atoms with E-state index >= 15 is 0 Å². The van der Waals surface area contributed by atoms with Crippen LogP contribution in [-0.4, -0.2) is 6.54 Å². The summed E-state index contributed by atoms with van der Waals surface area (Å²) in [5.74, 6) is 6.20. The minimum absolute atomic E-state index is 0.649. The summed E-state index contributed by atoms with van der Waals surface area (Å²) in [5, 5.41) is 3.25. The third-order valence-electron chi connectivity index (χ3n) is 2.23. The van der Waals surface area contributed by atoms with E-state index in [0.717, 1.165) is 15.7 Å². The van der Waals surface area contributed by atoms with Crippen LogP contribution in [0.5, 0.6) is 0 Å². The van der Waals surface area contributed by atoms with Gasteiger partial charge >= 0.3 is 0 Å².